The van der Waals surface area contributed by atoms with Crippen LogP contribution in [-0.2, 0) is 9.59 Å². The van der Waals surface area contributed by atoms with Crippen molar-refractivity contribution in [1.29, 1.82) is 5.26 Å². The molecule has 3 saturated heterocycles. The van der Waals surface area contributed by atoms with Gasteiger partial charge in [-0.15, -0.1) is 0 Å². The molecule has 5 aliphatic rings. The number of aromatic nitrogens is 3. The monoisotopic (exact) mass is 810 g/mol. The molecule has 0 radical (unpaired) electrons. The summed E-state index contributed by atoms with van der Waals surface area (Å²) in [6.07, 6.45) is 10.4. The zero-order valence-electron chi connectivity index (χ0n) is 33.2. The van der Waals surface area contributed by atoms with Crippen LogP contribution in [0, 0.1) is 17.2 Å². The number of nitriles is 1. The molecule has 0 spiro atoms. The molecule has 1 saturated carbocycles. The Labute approximate surface area is 346 Å². The summed E-state index contributed by atoms with van der Waals surface area (Å²) in [5.41, 5.74) is 3.06. The fourth-order valence-corrected chi connectivity index (χ4v) is 9.24. The van der Waals surface area contributed by atoms with E-state index in [4.69, 9.17) is 4.74 Å². The molecule has 16 heteroatoms. The first-order valence-corrected chi connectivity index (χ1v) is 20.9. The third-order valence-electron chi connectivity index (χ3n) is 12.6. The third-order valence-corrected chi connectivity index (χ3v) is 12.6. The van der Waals surface area contributed by atoms with E-state index in [-0.39, 0.29) is 36.5 Å². The highest BCUT2D eigenvalue weighted by molar-refractivity contribution is 6.23. The van der Waals surface area contributed by atoms with Crippen LogP contribution in [0.15, 0.2) is 61.1 Å². The Morgan fingerprint density at radius 2 is 1.58 bits per heavy atom. The number of carbonyl (C=O) groups excluding carboxylic acids is 5. The molecule has 6 heterocycles. The van der Waals surface area contributed by atoms with Crippen molar-refractivity contribution in [3.8, 4) is 11.8 Å². The van der Waals surface area contributed by atoms with Gasteiger partial charge in [0.05, 0.1) is 33.9 Å². The quantitative estimate of drug-likeness (QED) is 0.234. The van der Waals surface area contributed by atoms with Gasteiger partial charge in [0.25, 0.3) is 17.7 Å². The van der Waals surface area contributed by atoms with Gasteiger partial charge in [-0.05, 0) is 93.3 Å². The summed E-state index contributed by atoms with van der Waals surface area (Å²) in [6.45, 7) is 6.01. The molecule has 5 amide bonds. The number of amides is 5. The van der Waals surface area contributed by atoms with Crippen molar-refractivity contribution in [2.24, 2.45) is 5.92 Å². The molecule has 4 aromatic rings. The number of rotatable bonds is 9. The third kappa shape index (κ3) is 7.84. The largest absolute Gasteiger partial charge is 0.490 e. The number of nitrogens with one attached hydrogen (secondary N) is 2. The predicted octanol–water partition coefficient (Wildman–Crippen LogP) is 3.46. The van der Waals surface area contributed by atoms with Crippen molar-refractivity contribution in [2.75, 3.05) is 55.6 Å². The van der Waals surface area contributed by atoms with Gasteiger partial charge >= 0.3 is 0 Å². The molecular formula is C44H46N10O6. The molecule has 60 heavy (non-hydrogen) atoms. The molecule has 16 nitrogen and oxygen atoms in total. The first-order valence-electron chi connectivity index (χ1n) is 20.9. The van der Waals surface area contributed by atoms with Gasteiger partial charge in [0.2, 0.25) is 17.8 Å². The van der Waals surface area contributed by atoms with Gasteiger partial charge in [0.15, 0.2) is 0 Å². The molecule has 1 atom stereocenters. The van der Waals surface area contributed by atoms with Crippen molar-refractivity contribution in [2.45, 2.75) is 69.6 Å². The molecule has 4 aliphatic heterocycles. The lowest BCUT2D eigenvalue weighted by molar-refractivity contribution is -0.136. The minimum absolute atomic E-state index is 0.0145. The van der Waals surface area contributed by atoms with E-state index >= 15 is 0 Å². The predicted molar refractivity (Wildman–Crippen MR) is 219 cm³/mol. The second-order valence-corrected chi connectivity index (χ2v) is 16.4. The van der Waals surface area contributed by atoms with E-state index in [2.05, 4.69) is 46.4 Å². The number of piperidine rings is 2. The van der Waals surface area contributed by atoms with Gasteiger partial charge in [-0.2, -0.15) is 5.26 Å². The van der Waals surface area contributed by atoms with E-state index in [0.29, 0.717) is 34.1 Å². The summed E-state index contributed by atoms with van der Waals surface area (Å²) in [7, 11) is 0. The molecule has 1 unspecified atom stereocenters. The number of fused-ring (bicyclic) bond motifs is 2. The van der Waals surface area contributed by atoms with E-state index in [1.807, 2.05) is 24.3 Å². The van der Waals surface area contributed by atoms with Crippen molar-refractivity contribution in [3.63, 3.8) is 0 Å². The fourth-order valence-electron chi connectivity index (χ4n) is 9.24. The number of benzene rings is 2. The topological polar surface area (TPSA) is 194 Å². The van der Waals surface area contributed by atoms with E-state index in [1.54, 1.807) is 36.8 Å². The van der Waals surface area contributed by atoms with Crippen LogP contribution in [0.1, 0.15) is 88.0 Å². The zero-order chi connectivity index (χ0) is 41.3. The Morgan fingerprint density at radius 3 is 2.32 bits per heavy atom. The van der Waals surface area contributed by atoms with E-state index in [0.717, 1.165) is 106 Å². The lowest BCUT2D eigenvalue weighted by atomic mass is 9.92. The van der Waals surface area contributed by atoms with Crippen LogP contribution in [-0.4, -0.2) is 118 Å². The maximum absolute atomic E-state index is 13.3. The lowest BCUT2D eigenvalue weighted by Crippen LogP contribution is -2.54. The molecule has 1 aliphatic carbocycles. The Kier molecular flexibility index (Phi) is 10.8. The van der Waals surface area contributed by atoms with E-state index in [1.165, 1.54) is 0 Å². The average molecular weight is 811 g/mol. The number of pyridine rings is 1. The normalized spacial score (nSPS) is 22.7. The Balaban J connectivity index is 0.701. The van der Waals surface area contributed by atoms with Gasteiger partial charge in [-0.3, -0.25) is 44.1 Å². The van der Waals surface area contributed by atoms with Gasteiger partial charge in [-0.25, -0.2) is 9.97 Å². The number of carbonyl (C=O) groups is 5. The standard InChI is InChI=1S/C44H46N10O6/c45-23-28-3-11-37(34-2-1-15-46-39(28)34)60-32-7-4-30(5-8-32)49-40(56)29-24-47-44(48-25-29)53-16-13-27(14-17-53)26-51-18-20-52(21-19-51)31-6-9-33-35(22-31)43(59)54(42(33)58)36-10-12-38(55)50-41(36)57/h1-3,6,9,11,15,22,24-25,27,30,32,36H,4-5,7-8,10,12-14,16-21,26H2,(H,49,56)(H,50,55,57)/t30-,32-,36?. The SMILES string of the molecule is N#Cc1ccc(O[C@H]2CC[C@H](NC(=O)c3cnc(N4CCC(CN5CCN(c6ccc7c(c6)C(=O)N(C6CCC(=O)NC6=O)C7=O)CC5)CC4)nc3)CC2)c2cccnc12. The summed E-state index contributed by atoms with van der Waals surface area (Å²) in [4.78, 5) is 85.1. The number of hydrogen-bond donors (Lipinski definition) is 2. The lowest BCUT2D eigenvalue weighted by Gasteiger charge is -2.39. The van der Waals surface area contributed by atoms with Crippen LogP contribution in [0.4, 0.5) is 11.6 Å². The molecule has 0 bridgehead atoms. The van der Waals surface area contributed by atoms with Crippen LogP contribution >= 0.6 is 0 Å². The highest BCUT2D eigenvalue weighted by atomic mass is 16.5. The molecule has 2 aromatic heterocycles. The van der Waals surface area contributed by atoms with E-state index in [9.17, 15) is 29.2 Å². The molecule has 4 fully saturated rings. The molecule has 308 valence electrons. The zero-order valence-corrected chi connectivity index (χ0v) is 33.2. The number of hydrogen-bond acceptors (Lipinski definition) is 13. The average Bonchev–Trinajstić information content (AvgIpc) is 3.52. The number of ether oxygens (including phenoxy) is 1. The van der Waals surface area contributed by atoms with Crippen LogP contribution in [0.2, 0.25) is 0 Å². The van der Waals surface area contributed by atoms with Crippen LogP contribution in [0.5, 0.6) is 5.75 Å². The Bertz CT molecular complexity index is 2380. The highest BCUT2D eigenvalue weighted by Gasteiger charge is 2.45. The van der Waals surface area contributed by atoms with Crippen molar-refractivity contribution < 1.29 is 28.7 Å². The molecule has 9 rings (SSSR count). The molecular weight excluding hydrogens is 765 g/mol. The Hall–Kier alpha value is -6.47. The number of nitrogens with zero attached hydrogens (tertiary/aromatic N) is 8. The minimum Gasteiger partial charge on any atom is -0.490 e. The maximum Gasteiger partial charge on any atom is 0.262 e. The smallest absolute Gasteiger partial charge is 0.262 e. The second kappa shape index (κ2) is 16.6. The first kappa shape index (κ1) is 39.0. The first-order chi connectivity index (χ1) is 29.2. The summed E-state index contributed by atoms with van der Waals surface area (Å²) in [6, 6.07) is 13.9. The van der Waals surface area contributed by atoms with Crippen LogP contribution in [0.3, 0.4) is 0 Å². The summed E-state index contributed by atoms with van der Waals surface area (Å²) in [5.74, 6) is -0.270. The second-order valence-electron chi connectivity index (χ2n) is 16.4. The van der Waals surface area contributed by atoms with Crippen molar-refractivity contribution in [3.05, 3.63) is 83.3 Å². The fraction of sp³-hybridized carbons (Fsp3) is 0.432. The van der Waals surface area contributed by atoms with Crippen LogP contribution < -0.4 is 25.2 Å². The molecule has 2 N–H and O–H groups in total. The van der Waals surface area contributed by atoms with E-state index < -0.39 is 29.7 Å². The van der Waals surface area contributed by atoms with Crippen molar-refractivity contribution >= 4 is 52.1 Å². The summed E-state index contributed by atoms with van der Waals surface area (Å²) >= 11 is 0. The summed E-state index contributed by atoms with van der Waals surface area (Å²) in [5, 5.41) is 15.7. The number of anilines is 2. The highest BCUT2D eigenvalue weighted by Crippen LogP contribution is 2.33. The molecule has 2 aromatic carbocycles. The number of imide groups is 2. The van der Waals surface area contributed by atoms with Crippen molar-refractivity contribution in [1.82, 2.24) is 35.4 Å². The van der Waals surface area contributed by atoms with Gasteiger partial charge in [0, 0.05) is 87.9 Å². The number of piperazine rings is 1. The Morgan fingerprint density at radius 1 is 0.833 bits per heavy atom. The van der Waals surface area contributed by atoms with Gasteiger partial charge in [0.1, 0.15) is 17.9 Å². The van der Waals surface area contributed by atoms with Gasteiger partial charge < -0.3 is 19.9 Å². The summed E-state index contributed by atoms with van der Waals surface area (Å²) < 4.78 is 6.35. The van der Waals surface area contributed by atoms with Crippen LogP contribution in [0.25, 0.3) is 10.9 Å². The minimum atomic E-state index is -0.978. The maximum atomic E-state index is 13.3. The van der Waals surface area contributed by atoms with Gasteiger partial charge in [-0.1, -0.05) is 0 Å².